The number of nitrogens with zero attached hydrogens (tertiary/aromatic N) is 2. The third kappa shape index (κ3) is 4.84. The smallest absolute Gasteiger partial charge is 0.354 e. The van der Waals surface area contributed by atoms with Gasteiger partial charge in [-0.1, -0.05) is 6.07 Å². The maximum atomic E-state index is 12.8. The van der Waals surface area contributed by atoms with Gasteiger partial charge in [-0.05, 0) is 54.0 Å². The number of nitrogens with one attached hydrogen (secondary N) is 2. The van der Waals surface area contributed by atoms with Crippen molar-refractivity contribution in [3.05, 3.63) is 58.4 Å². The second-order valence-electron chi connectivity index (χ2n) is 7.34. The number of hydrogen-bond acceptors (Lipinski definition) is 5. The van der Waals surface area contributed by atoms with Gasteiger partial charge in [0.05, 0.1) is 10.2 Å². The lowest BCUT2D eigenvalue weighted by atomic mass is 10.0. The van der Waals surface area contributed by atoms with Crippen LogP contribution >= 0.6 is 11.3 Å². The van der Waals surface area contributed by atoms with Crippen molar-refractivity contribution in [3.63, 3.8) is 0 Å². The van der Waals surface area contributed by atoms with E-state index in [1.807, 2.05) is 5.38 Å². The van der Waals surface area contributed by atoms with Gasteiger partial charge in [0.2, 0.25) is 5.91 Å². The fraction of sp³-hybridized carbons (Fsp3) is 0.333. The van der Waals surface area contributed by atoms with Gasteiger partial charge < -0.3 is 10.6 Å². The van der Waals surface area contributed by atoms with Crippen LogP contribution < -0.4 is 10.6 Å². The number of alkyl halides is 3. The Labute approximate surface area is 179 Å². The van der Waals surface area contributed by atoms with E-state index in [4.69, 9.17) is 0 Å². The number of hydrogen-bond donors (Lipinski definition) is 2. The van der Waals surface area contributed by atoms with Crippen LogP contribution in [0.4, 0.5) is 13.2 Å². The van der Waals surface area contributed by atoms with E-state index in [0.29, 0.717) is 30.5 Å². The highest BCUT2D eigenvalue weighted by molar-refractivity contribution is 7.17. The van der Waals surface area contributed by atoms with Crippen LogP contribution in [0.15, 0.2) is 35.8 Å². The van der Waals surface area contributed by atoms with Crippen LogP contribution in [0, 0.1) is 0 Å². The lowest BCUT2D eigenvalue weighted by Crippen LogP contribution is -2.45. The van der Waals surface area contributed by atoms with E-state index in [9.17, 15) is 22.8 Å². The van der Waals surface area contributed by atoms with Gasteiger partial charge >= 0.3 is 6.18 Å². The Kier molecular flexibility index (Phi) is 5.90. The normalized spacial score (nSPS) is 17.3. The number of rotatable bonds is 4. The quantitative estimate of drug-likeness (QED) is 0.638. The molecule has 1 saturated heterocycles. The maximum absolute atomic E-state index is 12.8. The predicted molar refractivity (Wildman–Crippen MR) is 110 cm³/mol. The third-order valence-corrected chi connectivity index (χ3v) is 6.05. The van der Waals surface area contributed by atoms with Gasteiger partial charge in [-0.3, -0.25) is 14.6 Å². The molecule has 0 spiro atoms. The molecule has 6 nitrogen and oxygen atoms in total. The van der Waals surface area contributed by atoms with Crippen LogP contribution in [0.25, 0.3) is 10.2 Å². The van der Waals surface area contributed by atoms with Crippen molar-refractivity contribution in [2.45, 2.75) is 37.9 Å². The Morgan fingerprint density at radius 1 is 1.26 bits per heavy atom. The summed E-state index contributed by atoms with van der Waals surface area (Å²) < 4.78 is 39.1. The molecule has 2 N–H and O–H groups in total. The van der Waals surface area contributed by atoms with E-state index in [-0.39, 0.29) is 11.6 Å². The van der Waals surface area contributed by atoms with Crippen LogP contribution in [0.3, 0.4) is 0 Å². The SMILES string of the molecule is O=C(NC1CCCCNC1=O)c1cc(Cc2ccc(C(F)(F)F)nc2)c2sccc2n1. The third-order valence-electron chi connectivity index (χ3n) is 5.07. The Hall–Kier alpha value is -3.01. The molecule has 1 fully saturated rings. The number of halogens is 3. The number of thiophene rings is 1. The molecule has 0 aromatic carbocycles. The van der Waals surface area contributed by atoms with Crippen LogP contribution in [-0.2, 0) is 17.4 Å². The Morgan fingerprint density at radius 3 is 2.84 bits per heavy atom. The molecule has 1 unspecified atom stereocenters. The Morgan fingerprint density at radius 2 is 2.10 bits per heavy atom. The Balaban J connectivity index is 1.59. The van der Waals surface area contributed by atoms with Crippen LogP contribution in [0.1, 0.15) is 46.6 Å². The number of pyridine rings is 2. The molecule has 0 radical (unpaired) electrons. The summed E-state index contributed by atoms with van der Waals surface area (Å²) in [4.78, 5) is 32.8. The highest BCUT2D eigenvalue weighted by Gasteiger charge is 2.32. The molecule has 3 aromatic rings. The van der Waals surface area contributed by atoms with Crippen LogP contribution in [0.2, 0.25) is 0 Å². The minimum Gasteiger partial charge on any atom is -0.354 e. The van der Waals surface area contributed by atoms with Crippen molar-refractivity contribution in [1.29, 1.82) is 0 Å². The Bertz CT molecular complexity index is 1110. The number of carbonyl (C=O) groups excluding carboxylic acids is 2. The van der Waals surface area contributed by atoms with Gasteiger partial charge in [0.1, 0.15) is 17.4 Å². The summed E-state index contributed by atoms with van der Waals surface area (Å²) >= 11 is 1.44. The topological polar surface area (TPSA) is 84.0 Å². The van der Waals surface area contributed by atoms with Gasteiger partial charge in [-0.2, -0.15) is 13.2 Å². The second-order valence-corrected chi connectivity index (χ2v) is 8.26. The fourth-order valence-electron chi connectivity index (χ4n) is 3.50. The number of carbonyl (C=O) groups is 2. The monoisotopic (exact) mass is 448 g/mol. The van der Waals surface area contributed by atoms with Crippen LogP contribution in [-0.4, -0.2) is 34.4 Å². The molecule has 0 saturated carbocycles. The van der Waals surface area contributed by atoms with Crippen molar-refractivity contribution in [1.82, 2.24) is 20.6 Å². The van der Waals surface area contributed by atoms with E-state index < -0.39 is 23.8 Å². The van der Waals surface area contributed by atoms with Crippen molar-refractivity contribution >= 4 is 33.4 Å². The zero-order valence-electron chi connectivity index (χ0n) is 16.3. The molecule has 0 bridgehead atoms. The van der Waals surface area contributed by atoms with Gasteiger partial charge in [-0.25, -0.2) is 4.98 Å². The summed E-state index contributed by atoms with van der Waals surface area (Å²) in [6.07, 6.45) is -0.753. The van der Waals surface area contributed by atoms with E-state index in [2.05, 4.69) is 20.6 Å². The highest BCUT2D eigenvalue weighted by atomic mass is 32.1. The molecule has 1 aliphatic heterocycles. The predicted octanol–water partition coefficient (Wildman–Crippen LogP) is 3.70. The second kappa shape index (κ2) is 8.62. The lowest BCUT2D eigenvalue weighted by molar-refractivity contribution is -0.141. The average molecular weight is 448 g/mol. The maximum Gasteiger partial charge on any atom is 0.433 e. The summed E-state index contributed by atoms with van der Waals surface area (Å²) in [6.45, 7) is 0.593. The van der Waals surface area contributed by atoms with Gasteiger partial charge in [0.15, 0.2) is 0 Å². The first-order chi connectivity index (χ1) is 14.8. The first-order valence-corrected chi connectivity index (χ1v) is 10.7. The summed E-state index contributed by atoms with van der Waals surface area (Å²) in [6, 6.07) is 5.12. The fourth-order valence-corrected chi connectivity index (χ4v) is 4.35. The van der Waals surface area contributed by atoms with Gasteiger partial charge in [0.25, 0.3) is 5.91 Å². The van der Waals surface area contributed by atoms with Gasteiger partial charge in [-0.15, -0.1) is 11.3 Å². The zero-order valence-corrected chi connectivity index (χ0v) is 17.1. The zero-order chi connectivity index (χ0) is 22.0. The molecular weight excluding hydrogens is 429 g/mol. The molecule has 4 rings (SSSR count). The van der Waals surface area contributed by atoms with Crippen molar-refractivity contribution in [2.24, 2.45) is 0 Å². The van der Waals surface area contributed by atoms with Crippen molar-refractivity contribution in [3.8, 4) is 0 Å². The number of amides is 2. The molecule has 4 heterocycles. The van der Waals surface area contributed by atoms with E-state index in [1.165, 1.54) is 23.6 Å². The number of aromatic nitrogens is 2. The molecule has 2 amide bonds. The molecule has 31 heavy (non-hydrogen) atoms. The minimum atomic E-state index is -4.49. The summed E-state index contributed by atoms with van der Waals surface area (Å²) in [7, 11) is 0. The molecule has 10 heteroatoms. The largest absolute Gasteiger partial charge is 0.433 e. The van der Waals surface area contributed by atoms with E-state index in [1.54, 1.807) is 12.1 Å². The average Bonchev–Trinajstić information content (AvgIpc) is 3.12. The molecule has 3 aromatic heterocycles. The van der Waals surface area contributed by atoms with Crippen molar-refractivity contribution in [2.75, 3.05) is 6.54 Å². The lowest BCUT2D eigenvalue weighted by Gasteiger charge is -2.15. The standard InChI is InChI=1S/C21H19F3N4O2S/c22-21(23,24)17-5-4-12(11-26-17)9-13-10-16(27-14-6-8-31-18(13)14)20(30)28-15-3-1-2-7-25-19(15)29/h4-6,8,10-11,15H,1-3,7,9H2,(H,25,29)(H,28,30). The summed E-state index contributed by atoms with van der Waals surface area (Å²) in [5.41, 5.74) is 1.19. The summed E-state index contributed by atoms with van der Waals surface area (Å²) in [5.74, 6) is -0.666. The molecule has 1 atom stereocenters. The molecule has 1 aliphatic rings. The minimum absolute atomic E-state index is 0.165. The van der Waals surface area contributed by atoms with E-state index in [0.717, 1.165) is 29.2 Å². The molecule has 0 aliphatic carbocycles. The van der Waals surface area contributed by atoms with Crippen LogP contribution in [0.5, 0.6) is 0 Å². The molecule has 162 valence electrons. The van der Waals surface area contributed by atoms with E-state index >= 15 is 0 Å². The first-order valence-electron chi connectivity index (χ1n) is 9.79. The number of fused-ring (bicyclic) bond motifs is 1. The highest BCUT2D eigenvalue weighted by Crippen LogP contribution is 2.29. The van der Waals surface area contributed by atoms with Gasteiger partial charge in [0, 0.05) is 19.2 Å². The summed E-state index contributed by atoms with van der Waals surface area (Å²) in [5, 5.41) is 7.37. The first kappa shape index (κ1) is 21.2. The molecular formula is C21H19F3N4O2S. The van der Waals surface area contributed by atoms with Crippen molar-refractivity contribution < 1.29 is 22.8 Å².